The van der Waals surface area contributed by atoms with Crippen molar-refractivity contribution in [3.63, 3.8) is 0 Å². The minimum absolute atomic E-state index is 1.11. The first-order chi connectivity index (χ1) is 34.3. The molecule has 0 aromatic heterocycles. The Hall–Kier alpha value is -8.72. The molecule has 2 heteroatoms. The number of hydrogen-bond acceptors (Lipinski definition) is 2. The van der Waals surface area contributed by atoms with Gasteiger partial charge in [-0.1, -0.05) is 170 Å². The molecule has 12 rings (SSSR count). The normalized spacial score (nSPS) is 11.4. The van der Waals surface area contributed by atoms with Crippen molar-refractivity contribution in [2.45, 2.75) is 27.7 Å². The SMILES string of the molecule is Cc1cc(C)cc(N(c2cc(-c3ccccc3)cc(-c3ccccc3)c2)c2ccc3ccc4c(N(c5cc(C)cc(C)c5)c5cc(-c6ccccc6)cc(-c6ccccc6)c5)ccc5ccc2c3c54)c1. The third kappa shape index (κ3) is 7.94. The molecule has 0 spiro atoms. The van der Waals surface area contributed by atoms with Gasteiger partial charge in [-0.3, -0.25) is 0 Å². The molecule has 0 unspecified atom stereocenters. The zero-order valence-electron chi connectivity index (χ0n) is 40.0. The Labute approximate surface area is 411 Å². The molecule has 70 heavy (non-hydrogen) atoms. The zero-order valence-corrected chi connectivity index (χ0v) is 40.0. The lowest BCUT2D eigenvalue weighted by Gasteiger charge is -2.31. The van der Waals surface area contributed by atoms with Crippen LogP contribution in [0, 0.1) is 27.7 Å². The Kier molecular flexibility index (Phi) is 10.8. The van der Waals surface area contributed by atoms with Gasteiger partial charge in [0.25, 0.3) is 0 Å². The fourth-order valence-corrected chi connectivity index (χ4v) is 10.8. The highest BCUT2D eigenvalue weighted by atomic mass is 15.2. The summed E-state index contributed by atoms with van der Waals surface area (Å²) in [4.78, 5) is 4.99. The van der Waals surface area contributed by atoms with E-state index in [1.54, 1.807) is 0 Å². The van der Waals surface area contributed by atoms with Crippen molar-refractivity contribution in [1.82, 2.24) is 0 Å². The Morgan fingerprint density at radius 2 is 0.500 bits per heavy atom. The van der Waals surface area contributed by atoms with Crippen LogP contribution >= 0.6 is 0 Å². The summed E-state index contributed by atoms with van der Waals surface area (Å²) in [5, 5.41) is 7.35. The van der Waals surface area contributed by atoms with Gasteiger partial charge >= 0.3 is 0 Å². The second kappa shape index (κ2) is 17.7. The smallest absolute Gasteiger partial charge is 0.0540 e. The molecule has 0 saturated heterocycles. The fourth-order valence-electron chi connectivity index (χ4n) is 10.8. The van der Waals surface area contributed by atoms with E-state index >= 15 is 0 Å². The van der Waals surface area contributed by atoms with Gasteiger partial charge in [-0.25, -0.2) is 0 Å². The minimum Gasteiger partial charge on any atom is -0.310 e. The third-order valence-corrected chi connectivity index (χ3v) is 13.8. The topological polar surface area (TPSA) is 6.48 Å². The van der Waals surface area contributed by atoms with Crippen molar-refractivity contribution in [3.05, 3.63) is 265 Å². The van der Waals surface area contributed by atoms with Crippen LogP contribution in [0.4, 0.5) is 34.1 Å². The Bertz CT molecular complexity index is 3450. The van der Waals surface area contributed by atoms with Crippen LogP contribution in [0.25, 0.3) is 76.8 Å². The summed E-state index contributed by atoms with van der Waals surface area (Å²) in [5.41, 5.74) is 21.1. The van der Waals surface area contributed by atoms with Crippen molar-refractivity contribution >= 4 is 66.4 Å². The molecule has 0 atom stereocenters. The van der Waals surface area contributed by atoms with E-state index in [4.69, 9.17) is 0 Å². The van der Waals surface area contributed by atoms with E-state index in [0.29, 0.717) is 0 Å². The predicted octanol–water partition coefficient (Wildman–Crippen LogP) is 19.4. The van der Waals surface area contributed by atoms with Gasteiger partial charge in [0.1, 0.15) is 0 Å². The van der Waals surface area contributed by atoms with Crippen molar-refractivity contribution in [3.8, 4) is 44.5 Å². The maximum Gasteiger partial charge on any atom is 0.0540 e. The molecular weight excluding hydrogens is 845 g/mol. The summed E-state index contributed by atoms with van der Waals surface area (Å²) in [6, 6.07) is 89.8. The summed E-state index contributed by atoms with van der Waals surface area (Å²) in [6.45, 7) is 8.82. The quantitative estimate of drug-likeness (QED) is 0.126. The summed E-state index contributed by atoms with van der Waals surface area (Å²) in [6.07, 6.45) is 0. The first-order valence-corrected chi connectivity index (χ1v) is 24.3. The first-order valence-electron chi connectivity index (χ1n) is 24.3. The summed E-state index contributed by atoms with van der Waals surface area (Å²) < 4.78 is 0. The van der Waals surface area contributed by atoms with Gasteiger partial charge in [0.15, 0.2) is 0 Å². The largest absolute Gasteiger partial charge is 0.310 e. The lowest BCUT2D eigenvalue weighted by molar-refractivity contribution is 1.26. The lowest BCUT2D eigenvalue weighted by atomic mass is 9.91. The summed E-state index contributed by atoms with van der Waals surface area (Å²) >= 11 is 0. The van der Waals surface area contributed by atoms with Gasteiger partial charge in [-0.05, 0) is 189 Å². The Morgan fingerprint density at radius 3 is 0.800 bits per heavy atom. The van der Waals surface area contributed by atoms with E-state index in [9.17, 15) is 0 Å². The molecule has 0 saturated carbocycles. The van der Waals surface area contributed by atoms with Crippen LogP contribution in [-0.2, 0) is 0 Å². The maximum absolute atomic E-state index is 2.49. The van der Waals surface area contributed by atoms with Crippen LogP contribution in [0.3, 0.4) is 0 Å². The zero-order chi connectivity index (χ0) is 47.3. The van der Waals surface area contributed by atoms with Gasteiger partial charge in [0.2, 0.25) is 0 Å². The van der Waals surface area contributed by atoms with E-state index in [1.807, 2.05) is 0 Å². The highest BCUT2D eigenvalue weighted by Crippen LogP contribution is 2.49. The molecule has 0 aliphatic heterocycles. The van der Waals surface area contributed by atoms with Crippen LogP contribution < -0.4 is 9.80 Å². The van der Waals surface area contributed by atoms with Crippen LogP contribution in [0.15, 0.2) is 243 Å². The summed E-state index contributed by atoms with van der Waals surface area (Å²) in [5.74, 6) is 0. The minimum atomic E-state index is 1.11. The van der Waals surface area contributed by atoms with Gasteiger partial charge in [-0.2, -0.15) is 0 Å². The number of hydrogen-bond donors (Lipinski definition) is 0. The Morgan fingerprint density at radius 1 is 0.229 bits per heavy atom. The number of benzene rings is 12. The molecule has 0 aliphatic carbocycles. The van der Waals surface area contributed by atoms with E-state index in [0.717, 1.165) is 34.1 Å². The highest BCUT2D eigenvalue weighted by Gasteiger charge is 2.24. The van der Waals surface area contributed by atoms with E-state index in [1.165, 1.54) is 99.1 Å². The molecule has 334 valence electrons. The van der Waals surface area contributed by atoms with E-state index < -0.39 is 0 Å². The molecule has 12 aromatic carbocycles. The molecule has 0 fully saturated rings. The van der Waals surface area contributed by atoms with Crippen molar-refractivity contribution in [1.29, 1.82) is 0 Å². The highest BCUT2D eigenvalue weighted by molar-refractivity contribution is 6.28. The van der Waals surface area contributed by atoms with Crippen molar-refractivity contribution in [2.75, 3.05) is 9.80 Å². The molecule has 12 aromatic rings. The van der Waals surface area contributed by atoms with Gasteiger partial charge in [-0.15, -0.1) is 0 Å². The van der Waals surface area contributed by atoms with Crippen LogP contribution in [0.5, 0.6) is 0 Å². The summed E-state index contributed by atoms with van der Waals surface area (Å²) in [7, 11) is 0. The molecule has 0 bridgehead atoms. The average molecular weight is 897 g/mol. The molecule has 0 N–H and O–H groups in total. The Balaban J connectivity index is 1.12. The molecule has 0 aliphatic rings. The van der Waals surface area contributed by atoms with Crippen LogP contribution in [0.1, 0.15) is 22.3 Å². The predicted molar refractivity (Wildman–Crippen MR) is 300 cm³/mol. The fraction of sp³-hybridized carbons (Fsp3) is 0.0588. The van der Waals surface area contributed by atoms with Crippen molar-refractivity contribution < 1.29 is 0 Å². The first kappa shape index (κ1) is 42.6. The van der Waals surface area contributed by atoms with Crippen LogP contribution in [0.2, 0.25) is 0 Å². The van der Waals surface area contributed by atoms with E-state index in [2.05, 4.69) is 280 Å². The van der Waals surface area contributed by atoms with Gasteiger partial charge in [0.05, 0.1) is 11.4 Å². The molecule has 2 nitrogen and oxygen atoms in total. The lowest BCUT2D eigenvalue weighted by Crippen LogP contribution is -2.12. The second-order valence-electron chi connectivity index (χ2n) is 19.0. The average Bonchev–Trinajstić information content (AvgIpc) is 3.39. The molecular formula is C68H52N2. The molecule has 0 radical (unpaired) electrons. The van der Waals surface area contributed by atoms with Gasteiger partial charge in [0, 0.05) is 33.5 Å². The third-order valence-electron chi connectivity index (χ3n) is 13.8. The number of aryl methyl sites for hydroxylation is 4. The second-order valence-corrected chi connectivity index (χ2v) is 19.0. The number of rotatable bonds is 10. The maximum atomic E-state index is 2.49. The number of anilines is 6. The van der Waals surface area contributed by atoms with E-state index in [-0.39, 0.29) is 0 Å². The van der Waals surface area contributed by atoms with Crippen LogP contribution in [-0.4, -0.2) is 0 Å². The van der Waals surface area contributed by atoms with Crippen molar-refractivity contribution in [2.24, 2.45) is 0 Å². The number of nitrogens with zero attached hydrogens (tertiary/aromatic N) is 2. The monoisotopic (exact) mass is 896 g/mol. The molecule has 0 heterocycles. The standard InChI is InChI=1S/C68H52N2/c1-45-33-46(2)36-59(35-45)69(61-41-55(49-17-9-5-10-18-49)39-56(42-61)50-19-11-6-12-20-50)65-31-27-53-26-30-64-66(32-28-54-25-29-63(65)67(53)68(54)64)70(60-37-47(3)34-48(4)38-60)62-43-57(51-21-13-7-14-22-51)40-58(44-62)52-23-15-8-16-24-52/h5-44H,1-4H3. The molecule has 0 amide bonds. The van der Waals surface area contributed by atoms with Gasteiger partial charge < -0.3 is 9.80 Å².